The van der Waals surface area contributed by atoms with Gasteiger partial charge in [-0.05, 0) is 24.9 Å². The van der Waals surface area contributed by atoms with Gasteiger partial charge < -0.3 is 9.84 Å². The van der Waals surface area contributed by atoms with Gasteiger partial charge in [-0.3, -0.25) is 4.79 Å². The van der Waals surface area contributed by atoms with E-state index in [1.807, 2.05) is 30.1 Å². The Morgan fingerprint density at radius 2 is 1.40 bits per heavy atom. The van der Waals surface area contributed by atoms with E-state index in [1.165, 1.54) is 0 Å². The molecule has 0 atom stereocenters. The standard InChI is InChI=1S/C15H12O3.CH3Br/c1-15(14(16)17)10-6-2-4-8-12(10)18-13-9-5-3-7-11(13)15;1-2/h2-9H,1H3,(H,16,17);1H3. The Morgan fingerprint density at radius 1 is 1.00 bits per heavy atom. The molecule has 0 fully saturated rings. The number of carboxylic acid groups (broad SMARTS) is 1. The fourth-order valence-electron chi connectivity index (χ4n) is 2.43. The third-order valence-electron chi connectivity index (χ3n) is 3.50. The van der Waals surface area contributed by atoms with Crippen LogP contribution >= 0.6 is 15.9 Å². The Bertz CT molecular complexity index is 592. The summed E-state index contributed by atoms with van der Waals surface area (Å²) in [6.07, 6.45) is 0. The summed E-state index contributed by atoms with van der Waals surface area (Å²) < 4.78 is 5.76. The van der Waals surface area contributed by atoms with Crippen molar-refractivity contribution in [3.63, 3.8) is 0 Å². The lowest BCUT2D eigenvalue weighted by molar-refractivity contribution is -0.141. The average Bonchev–Trinajstić information content (AvgIpc) is 2.49. The normalized spacial score (nSPS) is 13.9. The molecule has 1 heterocycles. The van der Waals surface area contributed by atoms with Crippen LogP contribution < -0.4 is 4.74 Å². The van der Waals surface area contributed by atoms with Crippen molar-refractivity contribution in [2.45, 2.75) is 12.3 Å². The number of hydrogen-bond donors (Lipinski definition) is 1. The second-order valence-electron chi connectivity index (χ2n) is 4.52. The molecule has 3 rings (SSSR count). The zero-order valence-corrected chi connectivity index (χ0v) is 12.8. The molecule has 1 N–H and O–H groups in total. The fourth-order valence-corrected chi connectivity index (χ4v) is 2.43. The van der Waals surface area contributed by atoms with E-state index >= 15 is 0 Å². The Balaban J connectivity index is 0.000000704. The van der Waals surface area contributed by atoms with Crippen molar-refractivity contribution >= 4 is 21.9 Å². The topological polar surface area (TPSA) is 46.5 Å². The molecule has 2 aromatic rings. The van der Waals surface area contributed by atoms with Gasteiger partial charge in [-0.2, -0.15) is 0 Å². The molecule has 0 aromatic heterocycles. The van der Waals surface area contributed by atoms with Crippen molar-refractivity contribution in [3.8, 4) is 11.5 Å². The van der Waals surface area contributed by atoms with Crippen LogP contribution in [-0.2, 0) is 10.2 Å². The first-order valence-electron chi connectivity index (χ1n) is 6.12. The Kier molecular flexibility index (Phi) is 4.14. The van der Waals surface area contributed by atoms with Crippen molar-refractivity contribution in [2.24, 2.45) is 0 Å². The van der Waals surface area contributed by atoms with E-state index in [1.54, 1.807) is 31.2 Å². The number of aliphatic carboxylic acids is 1. The molecule has 20 heavy (non-hydrogen) atoms. The van der Waals surface area contributed by atoms with Crippen molar-refractivity contribution < 1.29 is 14.6 Å². The van der Waals surface area contributed by atoms with E-state index in [9.17, 15) is 9.90 Å². The summed E-state index contributed by atoms with van der Waals surface area (Å²) in [6, 6.07) is 14.6. The molecular formula is C16H15BrO3. The summed E-state index contributed by atoms with van der Waals surface area (Å²) in [4.78, 5) is 11.7. The number of alkyl halides is 1. The van der Waals surface area contributed by atoms with Crippen LogP contribution in [0, 0.1) is 0 Å². The Hall–Kier alpha value is -1.81. The lowest BCUT2D eigenvalue weighted by Gasteiger charge is -2.33. The van der Waals surface area contributed by atoms with Crippen molar-refractivity contribution in [1.82, 2.24) is 0 Å². The van der Waals surface area contributed by atoms with Crippen molar-refractivity contribution in [1.29, 1.82) is 0 Å². The highest BCUT2D eigenvalue weighted by atomic mass is 79.9. The molecule has 0 bridgehead atoms. The zero-order valence-electron chi connectivity index (χ0n) is 11.3. The number of rotatable bonds is 1. The smallest absolute Gasteiger partial charge is 0.318 e. The van der Waals surface area contributed by atoms with Crippen molar-refractivity contribution in [3.05, 3.63) is 59.7 Å². The molecule has 104 valence electrons. The predicted octanol–water partition coefficient (Wildman–Crippen LogP) is 4.19. The molecule has 0 saturated heterocycles. The Labute approximate surface area is 126 Å². The van der Waals surface area contributed by atoms with Gasteiger partial charge in [0.1, 0.15) is 16.9 Å². The number of para-hydroxylation sites is 2. The summed E-state index contributed by atoms with van der Waals surface area (Å²) in [7, 11) is 0. The number of carboxylic acids is 1. The first kappa shape index (κ1) is 14.6. The summed E-state index contributed by atoms with van der Waals surface area (Å²) in [6.45, 7) is 1.72. The number of hydrogen-bond acceptors (Lipinski definition) is 2. The van der Waals surface area contributed by atoms with Gasteiger partial charge in [0.25, 0.3) is 0 Å². The molecule has 0 radical (unpaired) electrons. The zero-order chi connectivity index (χ0) is 14.8. The summed E-state index contributed by atoms with van der Waals surface area (Å²) in [5.74, 6) is 2.17. The summed E-state index contributed by atoms with van der Waals surface area (Å²) in [5, 5.41) is 9.64. The number of ether oxygens (including phenoxy) is 1. The summed E-state index contributed by atoms with van der Waals surface area (Å²) in [5.41, 5.74) is 0.318. The molecule has 1 aliphatic heterocycles. The molecule has 3 nitrogen and oxygen atoms in total. The quantitative estimate of drug-likeness (QED) is 0.795. The van der Waals surface area contributed by atoms with Gasteiger partial charge in [0, 0.05) is 11.1 Å². The molecule has 0 amide bonds. The summed E-state index contributed by atoms with van der Waals surface area (Å²) >= 11 is 2.94. The highest BCUT2D eigenvalue weighted by molar-refractivity contribution is 9.08. The number of halogens is 1. The van der Waals surface area contributed by atoms with Crippen LogP contribution in [0.5, 0.6) is 11.5 Å². The van der Waals surface area contributed by atoms with Crippen LogP contribution in [0.15, 0.2) is 48.5 Å². The third kappa shape index (κ3) is 2.10. The molecule has 4 heteroatoms. The predicted molar refractivity (Wildman–Crippen MR) is 81.9 cm³/mol. The number of carbonyl (C=O) groups is 1. The first-order valence-corrected chi connectivity index (χ1v) is 7.70. The van der Waals surface area contributed by atoms with Gasteiger partial charge in [0.2, 0.25) is 0 Å². The monoisotopic (exact) mass is 334 g/mol. The average molecular weight is 335 g/mol. The molecular weight excluding hydrogens is 320 g/mol. The van der Waals surface area contributed by atoms with E-state index < -0.39 is 11.4 Å². The van der Waals surface area contributed by atoms with Crippen LogP contribution in [-0.4, -0.2) is 16.9 Å². The highest BCUT2D eigenvalue weighted by Crippen LogP contribution is 2.47. The van der Waals surface area contributed by atoms with E-state index in [2.05, 4.69) is 15.9 Å². The van der Waals surface area contributed by atoms with Crippen LogP contribution in [0.1, 0.15) is 18.1 Å². The Morgan fingerprint density at radius 3 is 1.80 bits per heavy atom. The van der Waals surface area contributed by atoms with Crippen LogP contribution in [0.4, 0.5) is 0 Å². The molecule has 0 aliphatic carbocycles. The number of fused-ring (bicyclic) bond motifs is 2. The minimum atomic E-state index is -1.06. The highest BCUT2D eigenvalue weighted by Gasteiger charge is 2.44. The van der Waals surface area contributed by atoms with E-state index in [4.69, 9.17) is 4.74 Å². The lowest BCUT2D eigenvalue weighted by Crippen LogP contribution is -2.36. The van der Waals surface area contributed by atoms with Gasteiger partial charge in [0.15, 0.2) is 0 Å². The second-order valence-corrected chi connectivity index (χ2v) is 4.52. The van der Waals surface area contributed by atoms with Gasteiger partial charge >= 0.3 is 5.97 Å². The minimum Gasteiger partial charge on any atom is -0.480 e. The molecule has 1 aliphatic rings. The maximum Gasteiger partial charge on any atom is 0.318 e. The lowest BCUT2D eigenvalue weighted by atomic mass is 9.74. The second kappa shape index (κ2) is 5.67. The van der Waals surface area contributed by atoms with Crippen molar-refractivity contribution in [2.75, 3.05) is 5.83 Å². The van der Waals surface area contributed by atoms with Gasteiger partial charge in [0.05, 0.1) is 0 Å². The minimum absolute atomic E-state index is 0.612. The molecule has 0 saturated carbocycles. The fraction of sp³-hybridized carbons (Fsp3) is 0.188. The van der Waals surface area contributed by atoms with E-state index in [0.717, 1.165) is 0 Å². The van der Waals surface area contributed by atoms with Crippen LogP contribution in [0.25, 0.3) is 0 Å². The number of benzene rings is 2. The first-order chi connectivity index (χ1) is 9.64. The van der Waals surface area contributed by atoms with Crippen LogP contribution in [0.3, 0.4) is 0 Å². The van der Waals surface area contributed by atoms with E-state index in [0.29, 0.717) is 22.6 Å². The SMILES string of the molecule is CBr.CC1(C(=O)O)c2ccccc2Oc2ccccc21. The van der Waals surface area contributed by atoms with Gasteiger partial charge in [-0.15, -0.1) is 0 Å². The maximum absolute atomic E-state index is 11.7. The van der Waals surface area contributed by atoms with Gasteiger partial charge in [-0.1, -0.05) is 52.3 Å². The van der Waals surface area contributed by atoms with Gasteiger partial charge in [-0.25, -0.2) is 0 Å². The maximum atomic E-state index is 11.7. The largest absolute Gasteiger partial charge is 0.480 e. The van der Waals surface area contributed by atoms with Crippen LogP contribution in [0.2, 0.25) is 0 Å². The van der Waals surface area contributed by atoms with E-state index in [-0.39, 0.29) is 0 Å². The molecule has 2 aromatic carbocycles. The third-order valence-corrected chi connectivity index (χ3v) is 3.50. The molecule has 0 unspecified atom stereocenters. The molecule has 0 spiro atoms.